The predicted molar refractivity (Wildman–Crippen MR) is 165 cm³/mol. The Hall–Kier alpha value is -2.22. The van der Waals surface area contributed by atoms with E-state index in [0.29, 0.717) is 38.8 Å². The van der Waals surface area contributed by atoms with Crippen LogP contribution in [0.15, 0.2) is 11.6 Å². The second-order valence-corrected chi connectivity index (χ2v) is 17.2. The van der Waals surface area contributed by atoms with E-state index in [0.717, 1.165) is 38.5 Å². The molecule has 6 rings (SSSR count). The summed E-state index contributed by atoms with van der Waals surface area (Å²) in [6.45, 7) is 14.1. The molecule has 1 saturated heterocycles. The van der Waals surface area contributed by atoms with Crippen LogP contribution in [-0.4, -0.2) is 65.0 Å². The summed E-state index contributed by atoms with van der Waals surface area (Å²) in [4.78, 5) is 54.9. The maximum absolute atomic E-state index is 14.6. The van der Waals surface area contributed by atoms with Crippen molar-refractivity contribution in [3.8, 4) is 0 Å². The number of ether oxygens (including phenoxy) is 1. The average Bonchev–Trinajstić information content (AvgIpc) is 3.44. The van der Waals surface area contributed by atoms with Crippen molar-refractivity contribution in [2.75, 3.05) is 20.2 Å². The topological polar surface area (TPSA) is 121 Å². The molecule has 0 spiro atoms. The van der Waals surface area contributed by atoms with Gasteiger partial charge in [0.25, 0.3) is 0 Å². The minimum Gasteiger partial charge on any atom is -0.481 e. The first-order valence-electron chi connectivity index (χ1n) is 17.0. The number of carbonyl (C=O) groups excluding carboxylic acids is 2. The van der Waals surface area contributed by atoms with Gasteiger partial charge in [-0.25, -0.2) is 0 Å². The lowest BCUT2D eigenvalue weighted by atomic mass is 9.33. The minimum absolute atomic E-state index is 0.0113. The number of carbonyl (C=O) groups is 4. The van der Waals surface area contributed by atoms with Gasteiger partial charge < -0.3 is 14.9 Å². The summed E-state index contributed by atoms with van der Waals surface area (Å²) in [5.74, 6) is -2.30. The van der Waals surface area contributed by atoms with Crippen molar-refractivity contribution in [3.05, 3.63) is 11.6 Å². The Morgan fingerprint density at radius 1 is 0.886 bits per heavy atom. The smallest absolute Gasteiger partial charge is 0.311 e. The summed E-state index contributed by atoms with van der Waals surface area (Å²) >= 11 is 0. The molecule has 6 aliphatic rings. The van der Waals surface area contributed by atoms with Crippen LogP contribution >= 0.6 is 0 Å². The number of carboxylic acids is 2. The van der Waals surface area contributed by atoms with Gasteiger partial charge in [0.05, 0.1) is 23.9 Å². The fourth-order valence-corrected chi connectivity index (χ4v) is 12.3. The molecule has 0 bridgehead atoms. The number of carboxylic acid groups (broad SMARTS) is 2. The van der Waals surface area contributed by atoms with Crippen molar-refractivity contribution in [3.63, 3.8) is 0 Å². The van der Waals surface area contributed by atoms with Crippen LogP contribution in [0.3, 0.4) is 0 Å². The number of nitrogens with zero attached hydrogens (tertiary/aromatic N) is 1. The number of allylic oxidation sites excluding steroid dienone is 2. The van der Waals surface area contributed by atoms with Crippen molar-refractivity contribution in [2.45, 2.75) is 112 Å². The molecule has 244 valence electrons. The number of methoxy groups -OCH3 is 1. The number of hydrogen-bond acceptors (Lipinski definition) is 6. The molecule has 5 aliphatic carbocycles. The molecule has 0 aromatic carbocycles. The number of aliphatic carboxylic acids is 2. The standard InChI is InChI=1S/C36H53NO7/c1-31-13-14-32(2,29(40)41)19-23(31)22-18-24(38)27-33(3)11-9-26(37-17-10-21(20-37)28(39)44-7)36(6,30(42)43)25(33)8-12-35(27,5)34(22,4)16-15-31/h18,21,23,25-27H,8-17,19-20H2,1-7H3,(H,40,41)(H,42,43)/t21-,23+,25-,26+,27-,31-,32+,33+,34-,35-,36+/m1/s1. The summed E-state index contributed by atoms with van der Waals surface area (Å²) in [6, 6.07) is -0.205. The predicted octanol–water partition coefficient (Wildman–Crippen LogP) is 5.98. The van der Waals surface area contributed by atoms with Crippen molar-refractivity contribution >= 4 is 23.7 Å². The van der Waals surface area contributed by atoms with Gasteiger partial charge in [-0.3, -0.25) is 24.1 Å². The Morgan fingerprint density at radius 3 is 2.20 bits per heavy atom. The van der Waals surface area contributed by atoms with Crippen LogP contribution in [-0.2, 0) is 23.9 Å². The van der Waals surface area contributed by atoms with Crippen molar-refractivity contribution in [1.29, 1.82) is 0 Å². The molecule has 5 fully saturated rings. The molecule has 2 N–H and O–H groups in total. The van der Waals surface area contributed by atoms with E-state index in [1.807, 2.05) is 19.9 Å². The highest BCUT2D eigenvalue weighted by atomic mass is 16.5. The number of fused-ring (bicyclic) bond motifs is 7. The molecule has 11 atom stereocenters. The molecule has 0 aromatic heterocycles. The largest absolute Gasteiger partial charge is 0.481 e. The van der Waals surface area contributed by atoms with Gasteiger partial charge in [0.1, 0.15) is 0 Å². The number of rotatable bonds is 4. The Kier molecular flexibility index (Phi) is 7.14. The van der Waals surface area contributed by atoms with Gasteiger partial charge in [-0.05, 0) is 124 Å². The zero-order valence-corrected chi connectivity index (χ0v) is 27.8. The molecule has 0 unspecified atom stereocenters. The highest BCUT2D eigenvalue weighted by Crippen LogP contribution is 2.75. The third-order valence-corrected chi connectivity index (χ3v) is 15.4. The van der Waals surface area contributed by atoms with Crippen LogP contribution < -0.4 is 0 Å². The van der Waals surface area contributed by atoms with Gasteiger partial charge >= 0.3 is 17.9 Å². The Balaban J connectivity index is 1.38. The number of hydrogen-bond donors (Lipinski definition) is 2. The van der Waals surface area contributed by atoms with E-state index in [1.54, 1.807) is 0 Å². The zero-order chi connectivity index (χ0) is 32.3. The molecule has 1 aliphatic heterocycles. The quantitative estimate of drug-likeness (QED) is 0.373. The van der Waals surface area contributed by atoms with Gasteiger partial charge in [0, 0.05) is 18.5 Å². The highest BCUT2D eigenvalue weighted by Gasteiger charge is 2.72. The van der Waals surface area contributed by atoms with E-state index in [1.165, 1.54) is 12.7 Å². The first-order valence-corrected chi connectivity index (χ1v) is 17.0. The second kappa shape index (κ2) is 9.89. The SMILES string of the molecule is COC(=O)[C@@H]1CCN([C@H]2CC[C@@]3(C)[C@@H](CC[C@]4(C)[C@@H]3C(=O)C=C3[C@@H]5C[C@@](C)(C(=O)O)CC[C@]5(C)CC[C@]34C)[C@]2(C)C(=O)O)C1. The maximum Gasteiger partial charge on any atom is 0.311 e. The Labute approximate surface area is 262 Å². The molecule has 44 heavy (non-hydrogen) atoms. The highest BCUT2D eigenvalue weighted by molar-refractivity contribution is 5.96. The molecule has 0 radical (unpaired) electrons. The third-order valence-electron chi connectivity index (χ3n) is 15.4. The lowest BCUT2D eigenvalue weighted by Gasteiger charge is -2.70. The van der Waals surface area contributed by atoms with Gasteiger partial charge in [-0.1, -0.05) is 33.3 Å². The van der Waals surface area contributed by atoms with E-state index in [9.17, 15) is 29.4 Å². The second-order valence-electron chi connectivity index (χ2n) is 17.2. The van der Waals surface area contributed by atoms with Crippen molar-refractivity contribution < 1.29 is 34.1 Å². The summed E-state index contributed by atoms with van der Waals surface area (Å²) in [5.41, 5.74) is -1.76. The minimum atomic E-state index is -1.05. The van der Waals surface area contributed by atoms with Crippen molar-refractivity contribution in [1.82, 2.24) is 4.90 Å². The normalized spacial score (nSPS) is 50.4. The molecular weight excluding hydrogens is 558 g/mol. The van der Waals surface area contributed by atoms with Crippen LogP contribution in [0.5, 0.6) is 0 Å². The molecular formula is C36H53NO7. The molecule has 1 heterocycles. The molecule has 0 amide bonds. The van der Waals surface area contributed by atoms with Crippen LogP contribution in [0.25, 0.3) is 0 Å². The third kappa shape index (κ3) is 3.97. The van der Waals surface area contributed by atoms with Crippen LogP contribution in [0, 0.1) is 56.2 Å². The summed E-state index contributed by atoms with van der Waals surface area (Å²) < 4.78 is 5.01. The van der Waals surface area contributed by atoms with Gasteiger partial charge in [-0.2, -0.15) is 0 Å². The lowest BCUT2D eigenvalue weighted by Crippen LogP contribution is -2.69. The summed E-state index contributed by atoms with van der Waals surface area (Å²) in [7, 11) is 1.41. The first-order chi connectivity index (χ1) is 20.4. The van der Waals surface area contributed by atoms with Gasteiger partial charge in [0.2, 0.25) is 0 Å². The van der Waals surface area contributed by atoms with Crippen LogP contribution in [0.2, 0.25) is 0 Å². The maximum atomic E-state index is 14.6. The monoisotopic (exact) mass is 611 g/mol. The van der Waals surface area contributed by atoms with Gasteiger partial charge in [0.15, 0.2) is 5.78 Å². The summed E-state index contributed by atoms with van der Waals surface area (Å²) in [5, 5.41) is 21.1. The first kappa shape index (κ1) is 31.7. The fourth-order valence-electron chi connectivity index (χ4n) is 12.3. The van der Waals surface area contributed by atoms with Crippen LogP contribution in [0.4, 0.5) is 0 Å². The van der Waals surface area contributed by atoms with E-state index < -0.39 is 28.2 Å². The zero-order valence-electron chi connectivity index (χ0n) is 27.8. The van der Waals surface area contributed by atoms with E-state index in [2.05, 4.69) is 32.6 Å². The Bertz CT molecular complexity index is 1330. The molecule has 8 nitrogen and oxygen atoms in total. The summed E-state index contributed by atoms with van der Waals surface area (Å²) in [6.07, 6.45) is 9.64. The lowest BCUT2D eigenvalue weighted by molar-refractivity contribution is -0.208. The number of likely N-dealkylation sites (tertiary alicyclic amines) is 1. The molecule has 0 aromatic rings. The molecule has 8 heteroatoms. The number of ketones is 1. The molecule has 4 saturated carbocycles. The average molecular weight is 612 g/mol. The van der Waals surface area contributed by atoms with E-state index >= 15 is 0 Å². The van der Waals surface area contributed by atoms with Gasteiger partial charge in [-0.15, -0.1) is 0 Å². The van der Waals surface area contributed by atoms with E-state index in [-0.39, 0.29) is 57.7 Å². The fraction of sp³-hybridized carbons (Fsp3) is 0.833. The number of esters is 1. The van der Waals surface area contributed by atoms with Crippen LogP contribution in [0.1, 0.15) is 106 Å². The van der Waals surface area contributed by atoms with Crippen molar-refractivity contribution in [2.24, 2.45) is 56.2 Å². The Morgan fingerprint density at radius 2 is 1.57 bits per heavy atom. The van der Waals surface area contributed by atoms with E-state index in [4.69, 9.17) is 4.74 Å².